The van der Waals surface area contributed by atoms with Gasteiger partial charge in [-0.3, -0.25) is 4.90 Å². The molecule has 0 aromatic heterocycles. The maximum Gasteiger partial charge on any atom is 0.106 e. The lowest BCUT2D eigenvalue weighted by Gasteiger charge is -2.45. The van der Waals surface area contributed by atoms with Gasteiger partial charge in [-0.05, 0) is 64.4 Å². The number of oxime groups is 1. The van der Waals surface area contributed by atoms with Crippen molar-refractivity contribution in [1.29, 1.82) is 0 Å². The summed E-state index contributed by atoms with van der Waals surface area (Å²) in [6.45, 7) is 8.92. The van der Waals surface area contributed by atoms with E-state index in [-0.39, 0.29) is 11.0 Å². The molecule has 0 unspecified atom stereocenters. The lowest BCUT2D eigenvalue weighted by molar-refractivity contribution is 0.0908. The number of hydrogen-bond acceptors (Lipinski definition) is 3. The van der Waals surface area contributed by atoms with Crippen LogP contribution in [0.4, 0.5) is 0 Å². The number of likely N-dealkylation sites (tertiary alicyclic amines) is 1. The van der Waals surface area contributed by atoms with E-state index in [1.807, 2.05) is 18.3 Å². The molecule has 0 spiro atoms. The Balaban J connectivity index is 2.25. The van der Waals surface area contributed by atoms with E-state index in [1.165, 1.54) is 5.56 Å². The van der Waals surface area contributed by atoms with Crippen molar-refractivity contribution in [3.05, 3.63) is 34.9 Å². The van der Waals surface area contributed by atoms with E-state index < -0.39 is 0 Å². The Kier molecular flexibility index (Phi) is 4.95. The molecule has 3 nitrogen and oxygen atoms in total. The summed E-state index contributed by atoms with van der Waals surface area (Å²) >= 11 is 6.02. The van der Waals surface area contributed by atoms with Crippen molar-refractivity contribution in [1.82, 2.24) is 4.90 Å². The molecule has 0 aliphatic carbocycles. The highest BCUT2D eigenvalue weighted by atomic mass is 35.5. The number of benzene rings is 1. The van der Waals surface area contributed by atoms with Crippen LogP contribution in [0.5, 0.6) is 0 Å². The van der Waals surface area contributed by atoms with Gasteiger partial charge in [-0.1, -0.05) is 28.9 Å². The molecule has 21 heavy (non-hydrogen) atoms. The van der Waals surface area contributed by atoms with Crippen molar-refractivity contribution in [2.24, 2.45) is 5.16 Å². The first-order valence-electron chi connectivity index (χ1n) is 7.46. The lowest BCUT2D eigenvalue weighted by Crippen LogP contribution is -2.50. The van der Waals surface area contributed by atoms with E-state index >= 15 is 0 Å². The Morgan fingerprint density at radius 1 is 1.19 bits per heavy atom. The molecule has 0 bridgehead atoms. The predicted molar refractivity (Wildman–Crippen MR) is 89.2 cm³/mol. The van der Waals surface area contributed by atoms with E-state index in [1.54, 1.807) is 7.11 Å². The van der Waals surface area contributed by atoms with Crippen LogP contribution >= 0.6 is 11.6 Å². The third-order valence-electron chi connectivity index (χ3n) is 4.43. The third-order valence-corrected chi connectivity index (χ3v) is 4.68. The Labute approximate surface area is 132 Å². The monoisotopic (exact) mass is 308 g/mol. The largest absolute Gasteiger partial charge is 0.399 e. The molecule has 0 atom stereocenters. The summed E-state index contributed by atoms with van der Waals surface area (Å²) in [4.78, 5) is 7.47. The molecule has 4 heteroatoms. The van der Waals surface area contributed by atoms with Gasteiger partial charge in [0.05, 0.1) is 6.21 Å². The van der Waals surface area contributed by atoms with Gasteiger partial charge in [0.25, 0.3) is 0 Å². The minimum Gasteiger partial charge on any atom is -0.399 e. The molecule has 1 aromatic carbocycles. The standard InChI is InChI=1S/C17H25ClN2O/c1-16(2,3)20-11-9-17(10-12-20,13-19-21-4)14-5-7-15(18)8-6-14/h5-8,13H,9-12H2,1-4H3/b19-13+. The van der Waals surface area contributed by atoms with Gasteiger partial charge in [0.15, 0.2) is 0 Å². The molecule has 2 rings (SSSR count). The fraction of sp³-hybridized carbons (Fsp3) is 0.588. The Morgan fingerprint density at radius 2 is 1.76 bits per heavy atom. The first kappa shape index (κ1) is 16.3. The molecule has 116 valence electrons. The van der Waals surface area contributed by atoms with Crippen molar-refractivity contribution in [3.63, 3.8) is 0 Å². The fourth-order valence-corrected chi connectivity index (χ4v) is 3.13. The van der Waals surface area contributed by atoms with Crippen molar-refractivity contribution in [3.8, 4) is 0 Å². The predicted octanol–water partition coefficient (Wildman–Crippen LogP) is 4.10. The summed E-state index contributed by atoms with van der Waals surface area (Å²) in [5.74, 6) is 0. The Morgan fingerprint density at radius 3 is 2.24 bits per heavy atom. The van der Waals surface area contributed by atoms with Crippen molar-refractivity contribution in [2.75, 3.05) is 20.2 Å². The average molecular weight is 309 g/mol. The molecule has 1 fully saturated rings. The second-order valence-electron chi connectivity index (χ2n) is 6.74. The first-order chi connectivity index (χ1) is 9.87. The van der Waals surface area contributed by atoms with Gasteiger partial charge in [0.2, 0.25) is 0 Å². The van der Waals surface area contributed by atoms with Crippen LogP contribution in [0, 0.1) is 0 Å². The normalized spacial score (nSPS) is 19.9. The zero-order valence-corrected chi connectivity index (χ0v) is 14.2. The van der Waals surface area contributed by atoms with Gasteiger partial charge in [-0.25, -0.2) is 0 Å². The topological polar surface area (TPSA) is 24.8 Å². The summed E-state index contributed by atoms with van der Waals surface area (Å²) in [6.07, 6.45) is 4.05. The minimum atomic E-state index is -0.0532. The van der Waals surface area contributed by atoms with Crippen LogP contribution < -0.4 is 0 Å². The van der Waals surface area contributed by atoms with Crippen LogP contribution in [0.1, 0.15) is 39.2 Å². The van der Waals surface area contributed by atoms with E-state index in [9.17, 15) is 0 Å². The molecular weight excluding hydrogens is 284 g/mol. The maximum absolute atomic E-state index is 6.02. The highest BCUT2D eigenvalue weighted by Crippen LogP contribution is 2.36. The van der Waals surface area contributed by atoms with Crippen molar-refractivity contribution >= 4 is 17.8 Å². The summed E-state index contributed by atoms with van der Waals surface area (Å²) in [5.41, 5.74) is 1.42. The van der Waals surface area contributed by atoms with Gasteiger partial charge in [0.1, 0.15) is 7.11 Å². The van der Waals surface area contributed by atoms with E-state index in [0.717, 1.165) is 31.0 Å². The molecule has 0 saturated carbocycles. The molecule has 0 radical (unpaired) electrons. The second-order valence-corrected chi connectivity index (χ2v) is 7.17. The molecule has 1 aliphatic rings. The Hall–Kier alpha value is -1.06. The zero-order valence-electron chi connectivity index (χ0n) is 13.4. The van der Waals surface area contributed by atoms with Gasteiger partial charge < -0.3 is 4.84 Å². The number of rotatable bonds is 3. The summed E-state index contributed by atoms with van der Waals surface area (Å²) in [5, 5.41) is 4.85. The van der Waals surface area contributed by atoms with Gasteiger partial charge >= 0.3 is 0 Å². The number of halogens is 1. The average Bonchev–Trinajstić information content (AvgIpc) is 2.45. The molecular formula is C17H25ClN2O. The molecule has 1 aliphatic heterocycles. The van der Waals surface area contributed by atoms with Crippen LogP contribution in [0.25, 0.3) is 0 Å². The second kappa shape index (κ2) is 6.37. The van der Waals surface area contributed by atoms with Crippen LogP contribution in [0.3, 0.4) is 0 Å². The van der Waals surface area contributed by atoms with E-state index in [0.29, 0.717) is 0 Å². The quantitative estimate of drug-likeness (QED) is 0.620. The summed E-state index contributed by atoms with van der Waals surface area (Å²) in [6, 6.07) is 8.12. The van der Waals surface area contributed by atoms with Crippen molar-refractivity contribution in [2.45, 2.75) is 44.6 Å². The Bertz CT molecular complexity index is 483. The fourth-order valence-electron chi connectivity index (χ4n) is 3.00. The number of piperidine rings is 1. The number of hydrogen-bond donors (Lipinski definition) is 0. The van der Waals surface area contributed by atoms with E-state index in [4.69, 9.17) is 16.4 Å². The van der Waals surface area contributed by atoms with Gasteiger partial charge in [0, 0.05) is 16.0 Å². The zero-order chi connectivity index (χ0) is 15.5. The number of nitrogens with zero attached hydrogens (tertiary/aromatic N) is 2. The molecule has 1 aromatic rings. The lowest BCUT2D eigenvalue weighted by atomic mass is 9.73. The minimum absolute atomic E-state index is 0.0532. The van der Waals surface area contributed by atoms with Gasteiger partial charge in [-0.15, -0.1) is 0 Å². The molecule has 1 saturated heterocycles. The molecule has 0 N–H and O–H groups in total. The highest BCUT2D eigenvalue weighted by Gasteiger charge is 2.37. The summed E-state index contributed by atoms with van der Waals surface area (Å²) in [7, 11) is 1.59. The van der Waals surface area contributed by atoms with Crippen LogP contribution in [0.15, 0.2) is 29.4 Å². The SMILES string of the molecule is CO/N=C/C1(c2ccc(Cl)cc2)CCN(C(C)(C)C)CC1. The first-order valence-corrected chi connectivity index (χ1v) is 7.84. The van der Waals surface area contributed by atoms with Crippen LogP contribution in [0.2, 0.25) is 5.02 Å². The molecule has 1 heterocycles. The van der Waals surface area contributed by atoms with Crippen LogP contribution in [-0.4, -0.2) is 36.9 Å². The highest BCUT2D eigenvalue weighted by molar-refractivity contribution is 6.30. The summed E-state index contributed by atoms with van der Waals surface area (Å²) < 4.78 is 0. The third kappa shape index (κ3) is 3.78. The van der Waals surface area contributed by atoms with Gasteiger partial charge in [-0.2, -0.15) is 0 Å². The molecule has 0 amide bonds. The van der Waals surface area contributed by atoms with E-state index in [2.05, 4.69) is 43.0 Å². The maximum atomic E-state index is 6.02. The van der Waals surface area contributed by atoms with Crippen molar-refractivity contribution < 1.29 is 4.84 Å². The smallest absolute Gasteiger partial charge is 0.106 e. The van der Waals surface area contributed by atoms with Crippen LogP contribution in [-0.2, 0) is 10.3 Å².